The summed E-state index contributed by atoms with van der Waals surface area (Å²) < 4.78 is 6.57. The van der Waals surface area contributed by atoms with E-state index in [0.29, 0.717) is 31.6 Å². The third kappa shape index (κ3) is 6.52. The van der Waals surface area contributed by atoms with Crippen LogP contribution >= 0.6 is 15.9 Å². The fraction of sp³-hybridized carbons (Fsp3) is 0.300. The second-order valence-corrected chi connectivity index (χ2v) is 7.00. The van der Waals surface area contributed by atoms with Crippen molar-refractivity contribution in [3.05, 3.63) is 64.1 Å². The number of nitrogens with one attached hydrogen (secondary N) is 1. The number of carbonyl (C=O) groups excluding carboxylic acids is 2. The van der Waals surface area contributed by atoms with Crippen molar-refractivity contribution < 1.29 is 14.3 Å². The first-order chi connectivity index (χ1) is 12.5. The van der Waals surface area contributed by atoms with Crippen LogP contribution in [-0.2, 0) is 11.3 Å². The van der Waals surface area contributed by atoms with Crippen molar-refractivity contribution in [2.75, 3.05) is 20.7 Å². The van der Waals surface area contributed by atoms with Crippen molar-refractivity contribution in [3.63, 3.8) is 0 Å². The Bertz CT molecular complexity index is 745. The Kier molecular flexibility index (Phi) is 7.66. The average Bonchev–Trinajstić information content (AvgIpc) is 2.63. The van der Waals surface area contributed by atoms with Crippen LogP contribution in [0.2, 0.25) is 0 Å². The highest BCUT2D eigenvalue weighted by Crippen LogP contribution is 2.17. The molecule has 0 saturated carbocycles. The Morgan fingerprint density at radius 1 is 1.12 bits per heavy atom. The van der Waals surface area contributed by atoms with Crippen LogP contribution in [0.5, 0.6) is 5.75 Å². The van der Waals surface area contributed by atoms with Crippen LogP contribution in [0.3, 0.4) is 0 Å². The molecule has 2 aromatic rings. The van der Waals surface area contributed by atoms with Gasteiger partial charge in [0.15, 0.2) is 0 Å². The summed E-state index contributed by atoms with van der Waals surface area (Å²) in [6.45, 7) is 0.937. The maximum Gasteiger partial charge on any atom is 0.253 e. The SMILES string of the molecule is CN(C)C(=O)c1ccc(CNC(=O)CCCOc2cccc(Br)c2)cc1. The zero-order valence-electron chi connectivity index (χ0n) is 15.0. The third-order valence-corrected chi connectivity index (χ3v) is 4.20. The van der Waals surface area contributed by atoms with E-state index in [0.717, 1.165) is 15.8 Å². The normalized spacial score (nSPS) is 10.3. The van der Waals surface area contributed by atoms with Crippen molar-refractivity contribution in [2.24, 2.45) is 0 Å². The molecule has 0 radical (unpaired) electrons. The number of carbonyl (C=O) groups is 2. The van der Waals surface area contributed by atoms with Crippen LogP contribution in [0.4, 0.5) is 0 Å². The lowest BCUT2D eigenvalue weighted by atomic mass is 10.1. The number of amides is 2. The summed E-state index contributed by atoms with van der Waals surface area (Å²) in [6, 6.07) is 14.9. The van der Waals surface area contributed by atoms with Gasteiger partial charge in [0.2, 0.25) is 5.91 Å². The fourth-order valence-corrected chi connectivity index (χ4v) is 2.67. The van der Waals surface area contributed by atoms with Gasteiger partial charge in [-0.3, -0.25) is 9.59 Å². The van der Waals surface area contributed by atoms with E-state index in [4.69, 9.17) is 4.74 Å². The molecule has 138 valence electrons. The molecule has 0 saturated heterocycles. The summed E-state index contributed by atoms with van der Waals surface area (Å²) in [7, 11) is 3.44. The first-order valence-corrected chi connectivity index (χ1v) is 9.20. The predicted molar refractivity (Wildman–Crippen MR) is 105 cm³/mol. The Hall–Kier alpha value is -2.34. The highest BCUT2D eigenvalue weighted by atomic mass is 79.9. The van der Waals surface area contributed by atoms with E-state index < -0.39 is 0 Å². The molecule has 26 heavy (non-hydrogen) atoms. The number of rotatable bonds is 8. The molecule has 6 heteroatoms. The topological polar surface area (TPSA) is 58.6 Å². The van der Waals surface area contributed by atoms with Crippen molar-refractivity contribution in [1.29, 1.82) is 0 Å². The molecule has 0 aliphatic rings. The lowest BCUT2D eigenvalue weighted by Gasteiger charge is -2.11. The maximum absolute atomic E-state index is 11.9. The number of benzene rings is 2. The zero-order chi connectivity index (χ0) is 18.9. The minimum Gasteiger partial charge on any atom is -0.494 e. The molecule has 5 nitrogen and oxygen atoms in total. The summed E-state index contributed by atoms with van der Waals surface area (Å²) in [5, 5.41) is 2.88. The number of nitrogens with zero attached hydrogens (tertiary/aromatic N) is 1. The van der Waals surface area contributed by atoms with Crippen LogP contribution in [0, 0.1) is 0 Å². The van der Waals surface area contributed by atoms with Gasteiger partial charge in [0.1, 0.15) is 5.75 Å². The monoisotopic (exact) mass is 418 g/mol. The Balaban J connectivity index is 1.67. The van der Waals surface area contributed by atoms with E-state index in [9.17, 15) is 9.59 Å². The molecule has 0 aromatic heterocycles. The van der Waals surface area contributed by atoms with Crippen molar-refractivity contribution in [2.45, 2.75) is 19.4 Å². The highest BCUT2D eigenvalue weighted by Gasteiger charge is 2.07. The van der Waals surface area contributed by atoms with Gasteiger partial charge in [-0.05, 0) is 42.3 Å². The number of hydrogen-bond donors (Lipinski definition) is 1. The fourth-order valence-electron chi connectivity index (χ4n) is 2.29. The standard InChI is InChI=1S/C20H23BrN2O3/c1-23(2)20(25)16-10-8-15(9-11-16)14-22-19(24)7-4-12-26-18-6-3-5-17(21)13-18/h3,5-6,8-11,13H,4,7,12,14H2,1-2H3,(H,22,24). The van der Waals surface area contributed by atoms with Gasteiger partial charge in [0, 0.05) is 37.1 Å². The summed E-state index contributed by atoms with van der Waals surface area (Å²) >= 11 is 3.39. The lowest BCUT2D eigenvalue weighted by molar-refractivity contribution is -0.121. The van der Waals surface area contributed by atoms with Gasteiger partial charge in [-0.15, -0.1) is 0 Å². The maximum atomic E-state index is 11.9. The Morgan fingerprint density at radius 3 is 2.50 bits per heavy atom. The second kappa shape index (κ2) is 9.97. The van der Waals surface area contributed by atoms with E-state index in [1.807, 2.05) is 36.4 Å². The molecule has 2 rings (SSSR count). The molecule has 0 unspecified atom stereocenters. The Morgan fingerprint density at radius 2 is 1.85 bits per heavy atom. The molecule has 1 N–H and O–H groups in total. The molecule has 2 aromatic carbocycles. The van der Waals surface area contributed by atoms with E-state index in [1.165, 1.54) is 4.90 Å². The van der Waals surface area contributed by atoms with E-state index in [1.54, 1.807) is 26.2 Å². The average molecular weight is 419 g/mol. The smallest absolute Gasteiger partial charge is 0.253 e. The predicted octanol–water partition coefficient (Wildman–Crippen LogP) is 3.63. The van der Waals surface area contributed by atoms with E-state index in [2.05, 4.69) is 21.2 Å². The van der Waals surface area contributed by atoms with Crippen molar-refractivity contribution in [1.82, 2.24) is 10.2 Å². The summed E-state index contributed by atoms with van der Waals surface area (Å²) in [6.07, 6.45) is 1.06. The number of halogens is 1. The van der Waals surface area contributed by atoms with Crippen molar-refractivity contribution in [3.8, 4) is 5.75 Å². The van der Waals surface area contributed by atoms with Gasteiger partial charge in [0.05, 0.1) is 6.61 Å². The molecule has 0 atom stereocenters. The number of hydrogen-bond acceptors (Lipinski definition) is 3. The highest BCUT2D eigenvalue weighted by molar-refractivity contribution is 9.10. The van der Waals surface area contributed by atoms with Crippen LogP contribution in [0.1, 0.15) is 28.8 Å². The molecular weight excluding hydrogens is 396 g/mol. The van der Waals surface area contributed by atoms with Gasteiger partial charge in [0.25, 0.3) is 5.91 Å². The first-order valence-electron chi connectivity index (χ1n) is 8.41. The molecular formula is C20H23BrN2O3. The lowest BCUT2D eigenvalue weighted by Crippen LogP contribution is -2.23. The quantitative estimate of drug-likeness (QED) is 0.665. The summed E-state index contributed by atoms with van der Waals surface area (Å²) in [5.41, 5.74) is 1.59. The largest absolute Gasteiger partial charge is 0.494 e. The van der Waals surface area contributed by atoms with Gasteiger partial charge in [-0.1, -0.05) is 34.1 Å². The van der Waals surface area contributed by atoms with Crippen LogP contribution < -0.4 is 10.1 Å². The van der Waals surface area contributed by atoms with Crippen LogP contribution in [0.25, 0.3) is 0 Å². The molecule has 0 aliphatic heterocycles. The molecule has 0 bridgehead atoms. The molecule has 0 heterocycles. The van der Waals surface area contributed by atoms with Gasteiger partial charge >= 0.3 is 0 Å². The molecule has 0 spiro atoms. The van der Waals surface area contributed by atoms with E-state index >= 15 is 0 Å². The summed E-state index contributed by atoms with van der Waals surface area (Å²) in [4.78, 5) is 25.3. The van der Waals surface area contributed by atoms with Crippen LogP contribution in [-0.4, -0.2) is 37.4 Å². The Labute approximate surface area is 162 Å². The first kappa shape index (κ1) is 20.0. The van der Waals surface area contributed by atoms with Gasteiger partial charge in [-0.25, -0.2) is 0 Å². The van der Waals surface area contributed by atoms with Crippen molar-refractivity contribution >= 4 is 27.7 Å². The summed E-state index contributed by atoms with van der Waals surface area (Å²) in [5.74, 6) is 0.731. The molecule has 0 aliphatic carbocycles. The van der Waals surface area contributed by atoms with E-state index in [-0.39, 0.29) is 11.8 Å². The van der Waals surface area contributed by atoms with Crippen LogP contribution in [0.15, 0.2) is 53.0 Å². The zero-order valence-corrected chi connectivity index (χ0v) is 16.6. The minimum atomic E-state index is -0.0361. The molecule has 2 amide bonds. The minimum absolute atomic E-state index is 0.0173. The van der Waals surface area contributed by atoms with Gasteiger partial charge < -0.3 is 15.0 Å². The number of ether oxygens (including phenoxy) is 1. The van der Waals surface area contributed by atoms with Gasteiger partial charge in [-0.2, -0.15) is 0 Å². The third-order valence-electron chi connectivity index (χ3n) is 3.71. The second-order valence-electron chi connectivity index (χ2n) is 6.08. The molecule has 0 fully saturated rings.